The number of rotatable bonds is 5. The topological polar surface area (TPSA) is 57.8 Å². The molecular weight excluding hydrogens is 264 g/mol. The van der Waals surface area contributed by atoms with Gasteiger partial charge in [0.25, 0.3) is 5.56 Å². The molecule has 0 spiro atoms. The van der Waals surface area contributed by atoms with Gasteiger partial charge >= 0.3 is 0 Å². The predicted molar refractivity (Wildman–Crippen MR) is 72.2 cm³/mol. The van der Waals surface area contributed by atoms with Crippen LogP contribution in [0, 0.1) is 11.6 Å². The Kier molecular flexibility index (Phi) is 4.57. The van der Waals surface area contributed by atoms with Crippen LogP contribution in [-0.2, 0) is 6.54 Å². The third-order valence-electron chi connectivity index (χ3n) is 2.72. The van der Waals surface area contributed by atoms with E-state index in [-0.39, 0.29) is 11.4 Å². The van der Waals surface area contributed by atoms with Crippen LogP contribution in [0.5, 0.6) is 0 Å². The molecule has 6 heteroatoms. The van der Waals surface area contributed by atoms with Crippen molar-refractivity contribution in [3.05, 3.63) is 51.9 Å². The second kappa shape index (κ2) is 6.38. The molecule has 0 saturated heterocycles. The fraction of sp³-hybridized carbons (Fsp3) is 0.286. The van der Waals surface area contributed by atoms with Gasteiger partial charge in [-0.05, 0) is 31.2 Å². The van der Waals surface area contributed by atoms with Crippen LogP contribution in [0.1, 0.15) is 19.0 Å². The van der Waals surface area contributed by atoms with Crippen LogP contribution in [0.3, 0.4) is 0 Å². The Morgan fingerprint density at radius 3 is 2.75 bits per heavy atom. The van der Waals surface area contributed by atoms with E-state index in [1.807, 2.05) is 6.92 Å². The highest BCUT2D eigenvalue weighted by molar-refractivity contribution is 5.54. The number of halogens is 2. The highest BCUT2D eigenvalue weighted by Crippen LogP contribution is 2.17. The van der Waals surface area contributed by atoms with Crippen LogP contribution in [-0.4, -0.2) is 16.5 Å². The lowest BCUT2D eigenvalue weighted by atomic mass is 10.2. The summed E-state index contributed by atoms with van der Waals surface area (Å²) in [5.41, 5.74) is 0.563. The molecule has 0 amide bonds. The molecule has 20 heavy (non-hydrogen) atoms. The molecule has 0 unspecified atom stereocenters. The molecule has 0 aliphatic carbocycles. The lowest BCUT2D eigenvalue weighted by Crippen LogP contribution is -2.18. The van der Waals surface area contributed by atoms with E-state index >= 15 is 0 Å². The Hall–Kier alpha value is -2.08. The monoisotopic (exact) mass is 279 g/mol. The van der Waals surface area contributed by atoms with Crippen molar-refractivity contribution in [2.45, 2.75) is 19.9 Å². The summed E-state index contributed by atoms with van der Waals surface area (Å²) in [5, 5.41) is 3.13. The third-order valence-corrected chi connectivity index (χ3v) is 2.72. The summed E-state index contributed by atoms with van der Waals surface area (Å²) in [6.45, 7) is 3.30. The standard InChI is InChI=1S/C14H15F2N3O/c1-2-5-17-8-10-7-13(20)19-14(18-10)9-3-4-11(15)12(16)6-9/h3-4,6-7,17H,2,5,8H2,1H3,(H,18,19,20). The van der Waals surface area contributed by atoms with Gasteiger partial charge in [-0.1, -0.05) is 6.92 Å². The molecule has 2 rings (SSSR count). The quantitative estimate of drug-likeness (QED) is 0.825. The van der Waals surface area contributed by atoms with Crippen LogP contribution >= 0.6 is 0 Å². The summed E-state index contributed by atoms with van der Waals surface area (Å²) >= 11 is 0. The predicted octanol–water partition coefficient (Wildman–Crippen LogP) is 2.21. The Labute approximate surface area is 114 Å². The summed E-state index contributed by atoms with van der Waals surface area (Å²) in [6.07, 6.45) is 0.971. The SMILES string of the molecule is CCCNCc1cc(=O)[nH]c(-c2ccc(F)c(F)c2)n1. The third kappa shape index (κ3) is 3.48. The fourth-order valence-electron chi connectivity index (χ4n) is 1.77. The first kappa shape index (κ1) is 14.3. The number of aromatic nitrogens is 2. The second-order valence-electron chi connectivity index (χ2n) is 4.39. The van der Waals surface area contributed by atoms with Crippen molar-refractivity contribution in [3.8, 4) is 11.4 Å². The maximum atomic E-state index is 13.2. The molecule has 0 atom stereocenters. The number of benzene rings is 1. The molecule has 2 aromatic rings. The van der Waals surface area contributed by atoms with Gasteiger partial charge in [0.1, 0.15) is 5.82 Å². The Bertz CT molecular complexity index is 655. The number of nitrogens with one attached hydrogen (secondary N) is 2. The van der Waals surface area contributed by atoms with Crippen molar-refractivity contribution in [1.29, 1.82) is 0 Å². The molecule has 1 aromatic heterocycles. The van der Waals surface area contributed by atoms with Crippen molar-refractivity contribution in [2.75, 3.05) is 6.54 Å². The normalized spacial score (nSPS) is 10.8. The number of nitrogens with zero attached hydrogens (tertiary/aromatic N) is 1. The molecule has 1 heterocycles. The Balaban J connectivity index is 2.31. The molecule has 1 aromatic carbocycles. The molecule has 0 bridgehead atoms. The first-order chi connectivity index (χ1) is 9.60. The van der Waals surface area contributed by atoms with Gasteiger partial charge in [0.05, 0.1) is 5.69 Å². The van der Waals surface area contributed by atoms with Gasteiger partial charge in [-0.3, -0.25) is 4.79 Å². The molecule has 0 radical (unpaired) electrons. The van der Waals surface area contributed by atoms with Gasteiger partial charge in [-0.2, -0.15) is 0 Å². The van der Waals surface area contributed by atoms with E-state index in [0.717, 1.165) is 25.1 Å². The highest BCUT2D eigenvalue weighted by atomic mass is 19.2. The van der Waals surface area contributed by atoms with E-state index in [2.05, 4.69) is 15.3 Å². The van der Waals surface area contributed by atoms with Crippen molar-refractivity contribution < 1.29 is 8.78 Å². The van der Waals surface area contributed by atoms with Gasteiger partial charge in [0.15, 0.2) is 11.6 Å². The van der Waals surface area contributed by atoms with E-state index in [0.29, 0.717) is 17.8 Å². The van der Waals surface area contributed by atoms with Gasteiger partial charge in [0, 0.05) is 18.2 Å². The molecule has 4 nitrogen and oxygen atoms in total. The number of hydrogen-bond acceptors (Lipinski definition) is 3. The summed E-state index contributed by atoms with van der Waals surface area (Å²) in [4.78, 5) is 18.3. The minimum absolute atomic E-state index is 0.227. The van der Waals surface area contributed by atoms with Crippen molar-refractivity contribution >= 4 is 0 Å². The van der Waals surface area contributed by atoms with Gasteiger partial charge in [-0.15, -0.1) is 0 Å². The van der Waals surface area contributed by atoms with E-state index in [1.165, 1.54) is 12.1 Å². The van der Waals surface area contributed by atoms with Crippen molar-refractivity contribution in [1.82, 2.24) is 15.3 Å². The van der Waals surface area contributed by atoms with Gasteiger partial charge in [-0.25, -0.2) is 13.8 Å². The first-order valence-electron chi connectivity index (χ1n) is 6.36. The minimum atomic E-state index is -0.973. The van der Waals surface area contributed by atoms with Crippen LogP contribution in [0.25, 0.3) is 11.4 Å². The average Bonchev–Trinajstić information content (AvgIpc) is 2.41. The minimum Gasteiger partial charge on any atom is -0.311 e. The zero-order chi connectivity index (χ0) is 14.5. The zero-order valence-electron chi connectivity index (χ0n) is 11.0. The fourth-order valence-corrected chi connectivity index (χ4v) is 1.77. The summed E-state index contributed by atoms with van der Waals surface area (Å²) in [6, 6.07) is 4.77. The van der Waals surface area contributed by atoms with E-state index in [1.54, 1.807) is 0 Å². The largest absolute Gasteiger partial charge is 0.311 e. The Morgan fingerprint density at radius 2 is 2.05 bits per heavy atom. The molecule has 0 saturated carbocycles. The summed E-state index contributed by atoms with van der Waals surface area (Å²) in [7, 11) is 0. The lowest BCUT2D eigenvalue weighted by molar-refractivity contribution is 0.509. The molecule has 0 fully saturated rings. The van der Waals surface area contributed by atoms with Crippen LogP contribution in [0.4, 0.5) is 8.78 Å². The van der Waals surface area contributed by atoms with Crippen molar-refractivity contribution in [2.24, 2.45) is 0 Å². The van der Waals surface area contributed by atoms with E-state index < -0.39 is 11.6 Å². The van der Waals surface area contributed by atoms with Crippen molar-refractivity contribution in [3.63, 3.8) is 0 Å². The maximum Gasteiger partial charge on any atom is 0.251 e. The van der Waals surface area contributed by atoms with E-state index in [4.69, 9.17) is 0 Å². The lowest BCUT2D eigenvalue weighted by Gasteiger charge is -2.06. The molecule has 2 N–H and O–H groups in total. The van der Waals surface area contributed by atoms with Crippen LogP contribution < -0.4 is 10.9 Å². The summed E-state index contributed by atoms with van der Waals surface area (Å²) < 4.78 is 26.1. The Morgan fingerprint density at radius 1 is 1.25 bits per heavy atom. The first-order valence-corrected chi connectivity index (χ1v) is 6.36. The van der Waals surface area contributed by atoms with Crippen LogP contribution in [0.15, 0.2) is 29.1 Å². The summed E-state index contributed by atoms with van der Waals surface area (Å²) in [5.74, 6) is -1.68. The molecule has 0 aliphatic heterocycles. The maximum absolute atomic E-state index is 13.2. The molecule has 0 aliphatic rings. The van der Waals surface area contributed by atoms with Gasteiger partial charge in [0.2, 0.25) is 0 Å². The zero-order valence-corrected chi connectivity index (χ0v) is 11.0. The smallest absolute Gasteiger partial charge is 0.251 e. The molecule has 106 valence electrons. The van der Waals surface area contributed by atoms with Crippen LogP contribution in [0.2, 0.25) is 0 Å². The number of hydrogen-bond donors (Lipinski definition) is 2. The average molecular weight is 279 g/mol. The number of aromatic amines is 1. The highest BCUT2D eigenvalue weighted by Gasteiger charge is 2.08. The molecular formula is C14H15F2N3O. The van der Waals surface area contributed by atoms with Gasteiger partial charge < -0.3 is 10.3 Å². The second-order valence-corrected chi connectivity index (χ2v) is 4.39. The number of H-pyrrole nitrogens is 1. The van der Waals surface area contributed by atoms with E-state index in [9.17, 15) is 13.6 Å².